The number of aromatic nitrogens is 2. The third kappa shape index (κ3) is 3.59. The summed E-state index contributed by atoms with van der Waals surface area (Å²) in [4.78, 5) is 13.0. The summed E-state index contributed by atoms with van der Waals surface area (Å²) >= 11 is 0. The Morgan fingerprint density at radius 3 is 2.44 bits per heavy atom. The maximum absolute atomic E-state index is 12.8. The van der Waals surface area contributed by atoms with Crippen LogP contribution in [0.1, 0.15) is 46.9 Å². The van der Waals surface area contributed by atoms with Crippen LogP contribution < -0.4 is 0 Å². The van der Waals surface area contributed by atoms with Gasteiger partial charge in [0.1, 0.15) is 5.56 Å². The second-order valence-corrected chi connectivity index (χ2v) is 8.15. The molecule has 136 valence electrons. The molecule has 0 saturated carbocycles. The molecule has 0 radical (unpaired) electrons. The molecule has 8 heteroatoms. The Labute approximate surface area is 147 Å². The zero-order valence-corrected chi connectivity index (χ0v) is 15.7. The number of benzene rings is 1. The van der Waals surface area contributed by atoms with Crippen LogP contribution in [0.3, 0.4) is 0 Å². The summed E-state index contributed by atoms with van der Waals surface area (Å²) < 4.78 is 30.4. The lowest BCUT2D eigenvalue weighted by atomic mass is 9.97. The van der Waals surface area contributed by atoms with E-state index in [9.17, 15) is 18.3 Å². The van der Waals surface area contributed by atoms with E-state index in [0.717, 1.165) is 6.26 Å². The molecule has 1 aromatic heterocycles. The lowest BCUT2D eigenvalue weighted by Crippen LogP contribution is -2.11. The molecule has 0 saturated heterocycles. The lowest BCUT2D eigenvalue weighted by molar-refractivity contribution is 0.103. The molecule has 0 aliphatic heterocycles. The standard InChI is InChI=1S/C17H22N2O5S/c1-10(2)19-17(21)13(8-18-19)16(20)12-6-7-15(25(5,22)23)14(9-24-4)11(12)3/h6-8,10,21H,9H2,1-5H3. The Bertz CT molecular complexity index is 913. The van der Waals surface area contributed by atoms with Crippen LogP contribution in [0, 0.1) is 6.92 Å². The first-order valence-electron chi connectivity index (χ1n) is 7.72. The van der Waals surface area contributed by atoms with Crippen molar-refractivity contribution in [2.75, 3.05) is 13.4 Å². The molecule has 1 heterocycles. The molecule has 7 nitrogen and oxygen atoms in total. The quantitative estimate of drug-likeness (QED) is 0.788. The minimum Gasteiger partial charge on any atom is -0.493 e. The lowest BCUT2D eigenvalue weighted by Gasteiger charge is -2.14. The van der Waals surface area contributed by atoms with Crippen LogP contribution in [0.25, 0.3) is 0 Å². The van der Waals surface area contributed by atoms with Gasteiger partial charge in [-0.15, -0.1) is 0 Å². The second-order valence-electron chi connectivity index (χ2n) is 6.17. The molecule has 2 rings (SSSR count). The van der Waals surface area contributed by atoms with E-state index in [4.69, 9.17) is 4.74 Å². The highest BCUT2D eigenvalue weighted by atomic mass is 32.2. The molecule has 1 N–H and O–H groups in total. The molecule has 0 bridgehead atoms. The van der Waals surface area contributed by atoms with E-state index in [0.29, 0.717) is 16.7 Å². The van der Waals surface area contributed by atoms with Crippen molar-refractivity contribution in [2.45, 2.75) is 38.3 Å². The summed E-state index contributed by atoms with van der Waals surface area (Å²) in [6.07, 6.45) is 2.43. The molecular weight excluding hydrogens is 344 g/mol. The van der Waals surface area contributed by atoms with E-state index in [-0.39, 0.29) is 29.0 Å². The van der Waals surface area contributed by atoms with Gasteiger partial charge in [-0.05, 0) is 44.0 Å². The molecule has 0 spiro atoms. The van der Waals surface area contributed by atoms with Crippen molar-refractivity contribution in [3.8, 4) is 5.88 Å². The Balaban J connectivity index is 2.60. The zero-order valence-electron chi connectivity index (χ0n) is 14.9. The fourth-order valence-electron chi connectivity index (χ4n) is 2.69. The molecular formula is C17H22N2O5S. The van der Waals surface area contributed by atoms with E-state index in [1.807, 2.05) is 13.8 Å². The maximum atomic E-state index is 12.8. The van der Waals surface area contributed by atoms with Crippen LogP contribution in [-0.4, -0.2) is 42.5 Å². The summed E-state index contributed by atoms with van der Waals surface area (Å²) in [5.41, 5.74) is 1.32. The number of hydrogen-bond acceptors (Lipinski definition) is 6. The smallest absolute Gasteiger partial charge is 0.221 e. The van der Waals surface area contributed by atoms with Crippen molar-refractivity contribution in [1.82, 2.24) is 9.78 Å². The Kier molecular flexibility index (Phi) is 5.34. The van der Waals surface area contributed by atoms with Crippen molar-refractivity contribution in [2.24, 2.45) is 0 Å². The van der Waals surface area contributed by atoms with E-state index in [1.54, 1.807) is 6.92 Å². The van der Waals surface area contributed by atoms with Crippen molar-refractivity contribution >= 4 is 15.6 Å². The van der Waals surface area contributed by atoms with Gasteiger partial charge in [-0.3, -0.25) is 4.79 Å². The minimum absolute atomic E-state index is 0.0621. The monoisotopic (exact) mass is 366 g/mol. The number of aromatic hydroxyl groups is 1. The molecule has 25 heavy (non-hydrogen) atoms. The van der Waals surface area contributed by atoms with Crippen LogP contribution in [0.5, 0.6) is 5.88 Å². The number of methoxy groups -OCH3 is 1. The molecule has 0 fully saturated rings. The highest BCUT2D eigenvalue weighted by Crippen LogP contribution is 2.28. The molecule has 0 amide bonds. The van der Waals surface area contributed by atoms with Gasteiger partial charge in [0, 0.05) is 18.9 Å². The van der Waals surface area contributed by atoms with Gasteiger partial charge in [0.05, 0.1) is 23.7 Å². The summed E-state index contributed by atoms with van der Waals surface area (Å²) in [5.74, 6) is -0.626. The number of carbonyl (C=O) groups excluding carboxylic acids is 1. The number of nitrogens with zero attached hydrogens (tertiary/aromatic N) is 2. The van der Waals surface area contributed by atoms with Gasteiger partial charge in [0.2, 0.25) is 5.88 Å². The number of ketones is 1. The van der Waals surface area contributed by atoms with E-state index >= 15 is 0 Å². The van der Waals surface area contributed by atoms with E-state index < -0.39 is 15.6 Å². The molecule has 1 aromatic carbocycles. The number of ether oxygens (including phenoxy) is 1. The minimum atomic E-state index is -3.46. The molecule has 2 aromatic rings. The predicted octanol–water partition coefficient (Wildman–Crippen LogP) is 2.26. The average Bonchev–Trinajstić information content (AvgIpc) is 2.89. The number of rotatable bonds is 6. The largest absolute Gasteiger partial charge is 0.493 e. The normalized spacial score (nSPS) is 11.9. The first-order valence-corrected chi connectivity index (χ1v) is 9.61. The highest BCUT2D eigenvalue weighted by molar-refractivity contribution is 7.90. The van der Waals surface area contributed by atoms with Gasteiger partial charge in [-0.1, -0.05) is 0 Å². The third-order valence-corrected chi connectivity index (χ3v) is 5.17. The van der Waals surface area contributed by atoms with E-state index in [1.165, 1.54) is 30.1 Å². The molecule has 0 aliphatic rings. The van der Waals surface area contributed by atoms with E-state index in [2.05, 4.69) is 5.10 Å². The average molecular weight is 366 g/mol. The number of hydrogen-bond donors (Lipinski definition) is 1. The van der Waals surface area contributed by atoms with Gasteiger partial charge in [-0.25, -0.2) is 13.1 Å². The van der Waals surface area contributed by atoms with Crippen LogP contribution in [0.2, 0.25) is 0 Å². The molecule has 0 unspecified atom stereocenters. The molecule has 0 aliphatic carbocycles. The van der Waals surface area contributed by atoms with Crippen LogP contribution in [-0.2, 0) is 21.2 Å². The highest BCUT2D eigenvalue weighted by Gasteiger charge is 2.24. The van der Waals surface area contributed by atoms with Crippen molar-refractivity contribution in [1.29, 1.82) is 0 Å². The van der Waals surface area contributed by atoms with Crippen LogP contribution in [0.15, 0.2) is 23.2 Å². The summed E-state index contributed by atoms with van der Waals surface area (Å²) in [7, 11) is -2.00. The van der Waals surface area contributed by atoms with Crippen molar-refractivity contribution in [3.05, 3.63) is 40.6 Å². The van der Waals surface area contributed by atoms with Gasteiger partial charge < -0.3 is 9.84 Å². The Hall–Kier alpha value is -2.19. The Morgan fingerprint density at radius 2 is 1.96 bits per heavy atom. The predicted molar refractivity (Wildman–Crippen MR) is 92.7 cm³/mol. The first-order chi connectivity index (χ1) is 11.6. The number of sulfone groups is 1. The van der Waals surface area contributed by atoms with Gasteiger partial charge >= 0.3 is 0 Å². The van der Waals surface area contributed by atoms with Gasteiger partial charge in [-0.2, -0.15) is 5.10 Å². The third-order valence-electron chi connectivity index (χ3n) is 3.99. The van der Waals surface area contributed by atoms with Crippen molar-refractivity contribution in [3.63, 3.8) is 0 Å². The first kappa shape index (κ1) is 19.1. The SMILES string of the molecule is COCc1c(S(C)(=O)=O)ccc(C(=O)c2cnn(C(C)C)c2O)c1C. The second kappa shape index (κ2) is 6.97. The summed E-state index contributed by atoms with van der Waals surface area (Å²) in [6.45, 7) is 5.40. The fraction of sp³-hybridized carbons (Fsp3) is 0.412. The fourth-order valence-corrected chi connectivity index (χ4v) is 3.66. The summed E-state index contributed by atoms with van der Waals surface area (Å²) in [5, 5.41) is 14.3. The number of carbonyl (C=O) groups is 1. The maximum Gasteiger partial charge on any atom is 0.221 e. The Morgan fingerprint density at radius 1 is 1.32 bits per heavy atom. The molecule has 0 atom stereocenters. The van der Waals surface area contributed by atoms with Crippen molar-refractivity contribution < 1.29 is 23.1 Å². The van der Waals surface area contributed by atoms with Crippen LogP contribution >= 0.6 is 0 Å². The zero-order chi connectivity index (χ0) is 18.9. The summed E-state index contributed by atoms with van der Waals surface area (Å²) in [6, 6.07) is 2.76. The van der Waals surface area contributed by atoms with Crippen LogP contribution in [0.4, 0.5) is 0 Å². The van der Waals surface area contributed by atoms with Gasteiger partial charge in [0.25, 0.3) is 0 Å². The van der Waals surface area contributed by atoms with Gasteiger partial charge in [0.15, 0.2) is 15.6 Å². The topological polar surface area (TPSA) is 98.5 Å².